The van der Waals surface area contributed by atoms with Crippen molar-refractivity contribution in [3.05, 3.63) is 34.9 Å². The number of nitrogens with one attached hydrogen (secondary N) is 2. The summed E-state index contributed by atoms with van der Waals surface area (Å²) in [6.07, 6.45) is 3.04. The van der Waals surface area contributed by atoms with Crippen LogP contribution in [0, 0.1) is 5.41 Å². The van der Waals surface area contributed by atoms with Crippen molar-refractivity contribution in [2.24, 2.45) is 11.1 Å². The van der Waals surface area contributed by atoms with Gasteiger partial charge in [-0.1, -0.05) is 12.1 Å². The molecule has 1 aromatic rings. The van der Waals surface area contributed by atoms with Crippen LogP contribution in [0.5, 0.6) is 0 Å². The number of carbonyl (C=O) groups excluding carboxylic acids is 3. The van der Waals surface area contributed by atoms with Gasteiger partial charge >= 0.3 is 0 Å². The van der Waals surface area contributed by atoms with Crippen LogP contribution in [-0.2, 0) is 22.7 Å². The van der Waals surface area contributed by atoms with E-state index in [1.165, 1.54) is 12.8 Å². The average Bonchev–Trinajstić information content (AvgIpc) is 3.33. The van der Waals surface area contributed by atoms with Crippen LogP contribution in [0.1, 0.15) is 47.2 Å². The van der Waals surface area contributed by atoms with E-state index in [0.29, 0.717) is 18.5 Å². The number of rotatable bonds is 6. The Morgan fingerprint density at radius 3 is 2.77 bits per heavy atom. The molecule has 2 heterocycles. The van der Waals surface area contributed by atoms with E-state index < -0.39 is 6.04 Å². The van der Waals surface area contributed by atoms with Crippen molar-refractivity contribution in [2.45, 2.75) is 44.8 Å². The van der Waals surface area contributed by atoms with Gasteiger partial charge in [-0.15, -0.1) is 0 Å². The Balaban J connectivity index is 1.41. The van der Waals surface area contributed by atoms with Gasteiger partial charge in [-0.05, 0) is 48.4 Å². The van der Waals surface area contributed by atoms with E-state index in [-0.39, 0.29) is 29.6 Å². The van der Waals surface area contributed by atoms with Gasteiger partial charge < -0.3 is 16.0 Å². The molecular formula is C19H24N4O3. The third kappa shape index (κ3) is 3.12. The number of benzene rings is 1. The van der Waals surface area contributed by atoms with Gasteiger partial charge in [0.05, 0.1) is 0 Å². The Morgan fingerprint density at radius 1 is 1.27 bits per heavy atom. The van der Waals surface area contributed by atoms with Gasteiger partial charge in [-0.25, -0.2) is 0 Å². The summed E-state index contributed by atoms with van der Waals surface area (Å²) in [6.45, 7) is 2.80. The van der Waals surface area contributed by atoms with Crippen LogP contribution in [0.2, 0.25) is 0 Å². The largest absolute Gasteiger partial charge is 0.330 e. The molecule has 1 unspecified atom stereocenters. The van der Waals surface area contributed by atoms with Crippen molar-refractivity contribution in [1.82, 2.24) is 15.5 Å². The van der Waals surface area contributed by atoms with Crippen molar-refractivity contribution < 1.29 is 14.4 Å². The lowest BCUT2D eigenvalue weighted by Gasteiger charge is -2.29. The first kappa shape index (κ1) is 17.2. The second-order valence-corrected chi connectivity index (χ2v) is 7.70. The first-order chi connectivity index (χ1) is 12.5. The molecule has 0 spiro atoms. The summed E-state index contributed by atoms with van der Waals surface area (Å²) in [5.74, 6) is -0.774. The quantitative estimate of drug-likeness (QED) is 0.635. The van der Waals surface area contributed by atoms with Crippen molar-refractivity contribution in [3.63, 3.8) is 0 Å². The van der Waals surface area contributed by atoms with E-state index in [0.717, 1.165) is 30.8 Å². The van der Waals surface area contributed by atoms with E-state index in [4.69, 9.17) is 5.73 Å². The van der Waals surface area contributed by atoms with Gasteiger partial charge in [0.15, 0.2) is 0 Å². The second-order valence-electron chi connectivity index (χ2n) is 7.70. The highest BCUT2D eigenvalue weighted by molar-refractivity contribution is 6.05. The molecule has 1 saturated heterocycles. The Labute approximate surface area is 152 Å². The lowest BCUT2D eigenvalue weighted by molar-refractivity contribution is -0.136. The molecular weight excluding hydrogens is 332 g/mol. The number of amides is 3. The van der Waals surface area contributed by atoms with Gasteiger partial charge in [0.2, 0.25) is 11.8 Å². The fourth-order valence-corrected chi connectivity index (χ4v) is 3.84. The van der Waals surface area contributed by atoms with Crippen LogP contribution in [0.25, 0.3) is 0 Å². The number of carbonyl (C=O) groups is 3. The lowest BCUT2D eigenvalue weighted by Crippen LogP contribution is -2.52. The standard InChI is InChI=1S/C19H24N4O3/c20-10-19(5-6-19)11-21-8-12-1-2-14-13(7-12)9-23(18(14)26)15-3-4-16(24)22-17(15)25/h1-2,7,15,21H,3-6,8-11,20H2,(H,22,24,25). The normalized spacial score (nSPS) is 23.8. The summed E-state index contributed by atoms with van der Waals surface area (Å²) in [7, 11) is 0. The van der Waals surface area contributed by atoms with Crippen LogP contribution < -0.4 is 16.4 Å². The molecule has 1 aromatic carbocycles. The van der Waals surface area contributed by atoms with E-state index in [2.05, 4.69) is 10.6 Å². The highest BCUT2D eigenvalue weighted by Gasteiger charge is 2.41. The average molecular weight is 356 g/mol. The predicted molar refractivity (Wildman–Crippen MR) is 94.9 cm³/mol. The molecule has 138 valence electrons. The number of fused-ring (bicyclic) bond motifs is 1. The molecule has 2 aliphatic heterocycles. The number of hydrogen-bond donors (Lipinski definition) is 3. The fraction of sp³-hybridized carbons (Fsp3) is 0.526. The molecule has 1 aliphatic carbocycles. The van der Waals surface area contributed by atoms with Gasteiger partial charge in [0.25, 0.3) is 5.91 Å². The number of piperidine rings is 1. The maximum atomic E-state index is 12.7. The summed E-state index contributed by atoms with van der Waals surface area (Å²) in [5, 5.41) is 5.79. The second kappa shape index (κ2) is 6.48. The van der Waals surface area contributed by atoms with Crippen LogP contribution in [-0.4, -0.2) is 41.8 Å². The highest BCUT2D eigenvalue weighted by Crippen LogP contribution is 2.43. The molecule has 7 nitrogen and oxygen atoms in total. The Hall–Kier alpha value is -2.25. The van der Waals surface area contributed by atoms with Crippen molar-refractivity contribution in [1.29, 1.82) is 0 Å². The fourth-order valence-electron chi connectivity index (χ4n) is 3.84. The molecule has 26 heavy (non-hydrogen) atoms. The van der Waals surface area contributed by atoms with Crippen LogP contribution in [0.15, 0.2) is 18.2 Å². The molecule has 0 bridgehead atoms. The van der Waals surface area contributed by atoms with Crippen LogP contribution >= 0.6 is 0 Å². The summed E-state index contributed by atoms with van der Waals surface area (Å²) < 4.78 is 0. The molecule has 3 aliphatic rings. The lowest BCUT2D eigenvalue weighted by atomic mass is 10.0. The minimum atomic E-state index is -0.562. The molecule has 1 atom stereocenters. The summed E-state index contributed by atoms with van der Waals surface area (Å²) in [6, 6.07) is 5.28. The first-order valence-electron chi connectivity index (χ1n) is 9.19. The summed E-state index contributed by atoms with van der Waals surface area (Å²) in [5.41, 5.74) is 8.81. The molecule has 4 rings (SSSR count). The predicted octanol–water partition coefficient (Wildman–Crippen LogP) is 0.276. The Kier molecular flexibility index (Phi) is 4.28. The molecule has 1 saturated carbocycles. The summed E-state index contributed by atoms with van der Waals surface area (Å²) in [4.78, 5) is 37.6. The Bertz CT molecular complexity index is 772. The molecule has 7 heteroatoms. The van der Waals surface area contributed by atoms with E-state index in [1.807, 2.05) is 18.2 Å². The van der Waals surface area contributed by atoms with E-state index >= 15 is 0 Å². The third-order valence-electron chi connectivity index (χ3n) is 5.81. The molecule has 0 aromatic heterocycles. The van der Waals surface area contributed by atoms with Gasteiger partial charge in [0.1, 0.15) is 6.04 Å². The monoisotopic (exact) mass is 356 g/mol. The molecule has 0 radical (unpaired) electrons. The zero-order valence-electron chi connectivity index (χ0n) is 14.7. The molecule has 3 amide bonds. The SMILES string of the molecule is NCC1(CNCc2ccc3c(c2)CN(C2CCC(=O)NC2=O)C3=O)CC1. The Morgan fingerprint density at radius 2 is 2.08 bits per heavy atom. The van der Waals surface area contributed by atoms with Gasteiger partial charge in [-0.3, -0.25) is 19.7 Å². The number of imide groups is 1. The van der Waals surface area contributed by atoms with E-state index in [1.54, 1.807) is 4.90 Å². The van der Waals surface area contributed by atoms with E-state index in [9.17, 15) is 14.4 Å². The third-order valence-corrected chi connectivity index (χ3v) is 5.81. The zero-order chi connectivity index (χ0) is 18.3. The van der Waals surface area contributed by atoms with Gasteiger partial charge in [0, 0.05) is 31.6 Å². The van der Waals surface area contributed by atoms with Crippen molar-refractivity contribution in [3.8, 4) is 0 Å². The number of hydrogen-bond acceptors (Lipinski definition) is 5. The van der Waals surface area contributed by atoms with Gasteiger partial charge in [-0.2, -0.15) is 0 Å². The minimum absolute atomic E-state index is 0.130. The topological polar surface area (TPSA) is 105 Å². The summed E-state index contributed by atoms with van der Waals surface area (Å²) >= 11 is 0. The molecule has 4 N–H and O–H groups in total. The maximum absolute atomic E-state index is 12.7. The highest BCUT2D eigenvalue weighted by atomic mass is 16.2. The molecule has 2 fully saturated rings. The van der Waals surface area contributed by atoms with Crippen LogP contribution in [0.4, 0.5) is 0 Å². The minimum Gasteiger partial charge on any atom is -0.330 e. The smallest absolute Gasteiger partial charge is 0.255 e. The van der Waals surface area contributed by atoms with Crippen LogP contribution in [0.3, 0.4) is 0 Å². The zero-order valence-corrected chi connectivity index (χ0v) is 14.7. The number of nitrogens with two attached hydrogens (primary N) is 1. The van der Waals surface area contributed by atoms with Crippen molar-refractivity contribution in [2.75, 3.05) is 13.1 Å². The van der Waals surface area contributed by atoms with Crippen molar-refractivity contribution >= 4 is 17.7 Å². The number of nitrogens with zero attached hydrogens (tertiary/aromatic N) is 1. The maximum Gasteiger partial charge on any atom is 0.255 e. The first-order valence-corrected chi connectivity index (χ1v) is 9.19.